The van der Waals surface area contributed by atoms with Crippen LogP contribution in [-0.2, 0) is 6.42 Å². The Kier molecular flexibility index (Phi) is 3.00. The number of fused-ring (bicyclic) bond motifs is 1. The van der Waals surface area contributed by atoms with Gasteiger partial charge in [-0.05, 0) is 24.6 Å². The fourth-order valence-corrected chi connectivity index (χ4v) is 2.77. The Morgan fingerprint density at radius 3 is 2.68 bits per heavy atom. The van der Waals surface area contributed by atoms with Crippen LogP contribution in [0.2, 0.25) is 5.02 Å². The summed E-state index contributed by atoms with van der Waals surface area (Å²) in [6.07, 6.45) is 0.805. The van der Waals surface area contributed by atoms with Crippen molar-refractivity contribution in [3.63, 3.8) is 0 Å². The Morgan fingerprint density at radius 2 is 2.00 bits per heavy atom. The average molecular weight is 274 g/mol. The second-order valence-corrected chi connectivity index (χ2v) is 5.68. The molecule has 0 spiro atoms. The van der Waals surface area contributed by atoms with Crippen molar-refractivity contribution in [1.29, 1.82) is 0 Å². The molecule has 2 nitrogen and oxygen atoms in total. The van der Waals surface area contributed by atoms with Crippen molar-refractivity contribution in [2.75, 3.05) is 6.54 Å². The van der Waals surface area contributed by atoms with Crippen molar-refractivity contribution in [3.8, 4) is 16.9 Å². The number of hydrogen-bond acceptors (Lipinski definition) is 2. The molecular formula is C16H16ClNO. The summed E-state index contributed by atoms with van der Waals surface area (Å²) in [6, 6.07) is 14.1. The fraction of sp³-hybridized carbons (Fsp3) is 0.250. The van der Waals surface area contributed by atoms with Gasteiger partial charge in [0.25, 0.3) is 0 Å². The second-order valence-electron chi connectivity index (χ2n) is 5.24. The minimum Gasteiger partial charge on any atom is -0.485 e. The van der Waals surface area contributed by atoms with E-state index in [1.54, 1.807) is 0 Å². The molecule has 0 fully saturated rings. The summed E-state index contributed by atoms with van der Waals surface area (Å²) in [5.41, 5.74) is 8.79. The summed E-state index contributed by atoms with van der Waals surface area (Å²) in [6.45, 7) is 2.53. The molecule has 98 valence electrons. The van der Waals surface area contributed by atoms with Gasteiger partial charge in [0.2, 0.25) is 0 Å². The molecule has 3 heteroatoms. The molecule has 0 aliphatic carbocycles. The third kappa shape index (κ3) is 2.22. The number of ether oxygens (including phenoxy) is 1. The van der Waals surface area contributed by atoms with Gasteiger partial charge in [0.05, 0.1) is 0 Å². The highest BCUT2D eigenvalue weighted by atomic mass is 35.5. The molecule has 3 rings (SSSR count). The van der Waals surface area contributed by atoms with Crippen LogP contribution in [0.1, 0.15) is 12.5 Å². The number of nitrogens with two attached hydrogens (primary N) is 1. The lowest BCUT2D eigenvalue weighted by molar-refractivity contribution is 0.126. The van der Waals surface area contributed by atoms with E-state index in [0.717, 1.165) is 33.9 Å². The summed E-state index contributed by atoms with van der Waals surface area (Å²) in [7, 11) is 0. The maximum Gasteiger partial charge on any atom is 0.131 e. The van der Waals surface area contributed by atoms with Gasteiger partial charge < -0.3 is 10.5 Å². The van der Waals surface area contributed by atoms with Crippen LogP contribution in [0.15, 0.2) is 42.5 Å². The smallest absolute Gasteiger partial charge is 0.131 e. The minimum atomic E-state index is -0.323. The monoisotopic (exact) mass is 273 g/mol. The molecule has 2 N–H and O–H groups in total. The normalized spacial score (nSPS) is 21.0. The molecule has 1 heterocycles. The highest BCUT2D eigenvalue weighted by Gasteiger charge is 2.35. The van der Waals surface area contributed by atoms with Gasteiger partial charge >= 0.3 is 0 Å². The standard InChI is InChI=1S/C16H16ClNO/c1-16(10-18)9-12-7-13(17)8-14(15(12)19-16)11-5-3-2-4-6-11/h2-8H,9-10,18H2,1H3/t16-/m1/s1. The third-order valence-corrected chi connectivity index (χ3v) is 3.78. The van der Waals surface area contributed by atoms with Crippen LogP contribution < -0.4 is 10.5 Å². The lowest BCUT2D eigenvalue weighted by Gasteiger charge is -2.22. The predicted molar refractivity (Wildman–Crippen MR) is 78.7 cm³/mol. The molecule has 0 unspecified atom stereocenters. The van der Waals surface area contributed by atoms with E-state index in [4.69, 9.17) is 22.1 Å². The van der Waals surface area contributed by atoms with Crippen molar-refractivity contribution in [3.05, 3.63) is 53.1 Å². The molecule has 1 aliphatic rings. The summed E-state index contributed by atoms with van der Waals surface area (Å²) in [5, 5.41) is 0.738. The van der Waals surface area contributed by atoms with Gasteiger partial charge in [-0.15, -0.1) is 0 Å². The predicted octanol–water partition coefficient (Wildman–Crippen LogP) is 3.66. The van der Waals surface area contributed by atoms with Gasteiger partial charge in [-0.1, -0.05) is 41.9 Å². The molecule has 0 radical (unpaired) electrons. The molecule has 0 saturated heterocycles. The molecule has 19 heavy (non-hydrogen) atoms. The van der Waals surface area contributed by atoms with Crippen LogP contribution in [-0.4, -0.2) is 12.1 Å². The number of benzene rings is 2. The maximum atomic E-state index is 6.23. The molecule has 0 saturated carbocycles. The molecular weight excluding hydrogens is 258 g/mol. The van der Waals surface area contributed by atoms with Crippen molar-refractivity contribution < 1.29 is 4.74 Å². The van der Waals surface area contributed by atoms with Crippen LogP contribution in [0.3, 0.4) is 0 Å². The van der Waals surface area contributed by atoms with Crippen LogP contribution in [0.5, 0.6) is 5.75 Å². The Hall–Kier alpha value is -1.51. The third-order valence-electron chi connectivity index (χ3n) is 3.56. The van der Waals surface area contributed by atoms with E-state index < -0.39 is 0 Å². The Bertz CT molecular complexity index is 612. The first-order valence-electron chi connectivity index (χ1n) is 6.38. The SMILES string of the molecule is C[C@]1(CN)Cc2cc(Cl)cc(-c3ccccc3)c2O1. The van der Waals surface area contributed by atoms with E-state index in [9.17, 15) is 0 Å². The zero-order chi connectivity index (χ0) is 13.5. The summed E-state index contributed by atoms with van der Waals surface area (Å²) >= 11 is 6.23. The summed E-state index contributed by atoms with van der Waals surface area (Å²) in [4.78, 5) is 0. The maximum absolute atomic E-state index is 6.23. The molecule has 2 aromatic carbocycles. The molecule has 1 aliphatic heterocycles. The molecule has 2 aromatic rings. The molecule has 1 atom stereocenters. The Labute approximate surface area is 118 Å². The van der Waals surface area contributed by atoms with Gasteiger partial charge in [0, 0.05) is 29.1 Å². The fourth-order valence-electron chi connectivity index (χ4n) is 2.53. The van der Waals surface area contributed by atoms with Crippen molar-refractivity contribution in [1.82, 2.24) is 0 Å². The first kappa shape index (κ1) is 12.5. The summed E-state index contributed by atoms with van der Waals surface area (Å²) < 4.78 is 6.10. The minimum absolute atomic E-state index is 0.323. The Balaban J connectivity index is 2.14. The number of rotatable bonds is 2. The highest BCUT2D eigenvalue weighted by Crippen LogP contribution is 2.43. The zero-order valence-electron chi connectivity index (χ0n) is 10.8. The average Bonchev–Trinajstić information content (AvgIpc) is 2.76. The first-order valence-corrected chi connectivity index (χ1v) is 6.76. The quantitative estimate of drug-likeness (QED) is 0.906. The lowest BCUT2D eigenvalue weighted by atomic mass is 9.97. The van der Waals surface area contributed by atoms with Crippen molar-refractivity contribution in [2.45, 2.75) is 18.9 Å². The Morgan fingerprint density at radius 1 is 1.26 bits per heavy atom. The highest BCUT2D eigenvalue weighted by molar-refractivity contribution is 6.31. The van der Waals surface area contributed by atoms with E-state index in [0.29, 0.717) is 6.54 Å². The summed E-state index contributed by atoms with van der Waals surface area (Å²) in [5.74, 6) is 0.920. The van der Waals surface area contributed by atoms with Gasteiger partial charge in [-0.25, -0.2) is 0 Å². The van der Waals surface area contributed by atoms with E-state index >= 15 is 0 Å². The molecule has 0 aromatic heterocycles. The van der Waals surface area contributed by atoms with E-state index in [1.807, 2.05) is 37.3 Å². The number of hydrogen-bond donors (Lipinski definition) is 1. The van der Waals surface area contributed by atoms with Crippen LogP contribution >= 0.6 is 11.6 Å². The van der Waals surface area contributed by atoms with E-state index in [1.165, 1.54) is 0 Å². The van der Waals surface area contributed by atoms with Crippen LogP contribution in [0, 0.1) is 0 Å². The first-order chi connectivity index (χ1) is 9.11. The van der Waals surface area contributed by atoms with E-state index in [-0.39, 0.29) is 5.60 Å². The van der Waals surface area contributed by atoms with Gasteiger partial charge in [0.1, 0.15) is 11.4 Å². The number of halogens is 1. The van der Waals surface area contributed by atoms with Gasteiger partial charge in [-0.3, -0.25) is 0 Å². The lowest BCUT2D eigenvalue weighted by Crippen LogP contribution is -2.38. The van der Waals surface area contributed by atoms with E-state index in [2.05, 4.69) is 12.1 Å². The van der Waals surface area contributed by atoms with Crippen LogP contribution in [0.25, 0.3) is 11.1 Å². The molecule has 0 amide bonds. The van der Waals surface area contributed by atoms with Crippen molar-refractivity contribution >= 4 is 11.6 Å². The van der Waals surface area contributed by atoms with Gasteiger partial charge in [-0.2, -0.15) is 0 Å². The topological polar surface area (TPSA) is 35.2 Å². The van der Waals surface area contributed by atoms with Crippen molar-refractivity contribution in [2.24, 2.45) is 5.73 Å². The molecule has 0 bridgehead atoms. The second kappa shape index (κ2) is 4.55. The zero-order valence-corrected chi connectivity index (χ0v) is 11.6. The van der Waals surface area contributed by atoms with Crippen LogP contribution in [0.4, 0.5) is 0 Å². The van der Waals surface area contributed by atoms with Gasteiger partial charge in [0.15, 0.2) is 0 Å². The largest absolute Gasteiger partial charge is 0.485 e.